The van der Waals surface area contributed by atoms with Gasteiger partial charge in [-0.05, 0) is 38.3 Å². The van der Waals surface area contributed by atoms with Crippen LogP contribution in [0.25, 0.3) is 11.2 Å². The number of rotatable bonds is 8. The molecule has 13 heteroatoms. The van der Waals surface area contributed by atoms with E-state index in [2.05, 4.69) is 15.0 Å². The number of nitrogens with two attached hydrogens (primary N) is 1. The number of carbonyl (C=O) groups is 1. The molecule has 1 fully saturated rings. The summed E-state index contributed by atoms with van der Waals surface area (Å²) in [6.45, 7) is 4.61. The fourth-order valence-corrected chi connectivity index (χ4v) is 4.01. The van der Waals surface area contributed by atoms with Crippen molar-refractivity contribution in [2.45, 2.75) is 44.9 Å². The first-order valence-corrected chi connectivity index (χ1v) is 10.9. The molecule has 3 heterocycles. The van der Waals surface area contributed by atoms with Gasteiger partial charge in [-0.3, -0.25) is 9.36 Å². The van der Waals surface area contributed by atoms with Gasteiger partial charge in [0.05, 0.1) is 19.0 Å². The Balaban J connectivity index is 1.65. The van der Waals surface area contributed by atoms with Gasteiger partial charge in [0.25, 0.3) is 5.91 Å². The maximum atomic E-state index is 12.4. The van der Waals surface area contributed by atoms with Crippen molar-refractivity contribution in [1.82, 2.24) is 24.4 Å². The van der Waals surface area contributed by atoms with Crippen LogP contribution in [0, 0.1) is 0 Å². The molecule has 3 unspecified atom stereocenters. The van der Waals surface area contributed by atoms with Crippen molar-refractivity contribution in [3.05, 3.63) is 11.6 Å². The van der Waals surface area contributed by atoms with Crippen LogP contribution >= 0.6 is 20.0 Å². The predicted molar refractivity (Wildman–Crippen MR) is 107 cm³/mol. The third-order valence-corrected chi connectivity index (χ3v) is 5.71. The van der Waals surface area contributed by atoms with E-state index >= 15 is 0 Å². The smallest absolute Gasteiger partial charge is 0.260 e. The standard InChI is InChI=1S/C16H24ClN6O5P/c1-3-22(4-2)14(24)15(29(25)26)27-7-9-5-6-10(28-9)23-8-19-11-12(18)20-16(17)21-13(11)23/h8-10,15,25-26H,3-7H2,1-2H3,(H2,18,20,21). The maximum absolute atomic E-state index is 12.4. The first kappa shape index (κ1) is 22.1. The fraction of sp³-hybridized carbons (Fsp3) is 0.625. The molecule has 0 aromatic carbocycles. The zero-order valence-corrected chi connectivity index (χ0v) is 17.8. The van der Waals surface area contributed by atoms with Gasteiger partial charge in [0, 0.05) is 13.1 Å². The zero-order valence-electron chi connectivity index (χ0n) is 16.1. The van der Waals surface area contributed by atoms with E-state index in [1.807, 2.05) is 13.8 Å². The van der Waals surface area contributed by atoms with E-state index in [9.17, 15) is 14.6 Å². The van der Waals surface area contributed by atoms with Gasteiger partial charge >= 0.3 is 0 Å². The van der Waals surface area contributed by atoms with Crippen LogP contribution in [0.5, 0.6) is 0 Å². The lowest BCUT2D eigenvalue weighted by Gasteiger charge is -2.26. The molecule has 1 aliphatic rings. The largest absolute Gasteiger partial charge is 0.382 e. The normalized spacial score (nSPS) is 20.5. The molecule has 0 radical (unpaired) electrons. The Morgan fingerprint density at radius 2 is 2.17 bits per heavy atom. The second-order valence-electron chi connectivity index (χ2n) is 6.51. The van der Waals surface area contributed by atoms with Crippen LogP contribution < -0.4 is 5.73 Å². The molecular weight excluding hydrogens is 423 g/mol. The monoisotopic (exact) mass is 446 g/mol. The van der Waals surface area contributed by atoms with Crippen LogP contribution in [0.2, 0.25) is 5.28 Å². The molecule has 1 saturated heterocycles. The van der Waals surface area contributed by atoms with E-state index < -0.39 is 20.1 Å². The summed E-state index contributed by atoms with van der Waals surface area (Å²) in [5.74, 6) is -1.55. The molecule has 2 aromatic rings. The minimum absolute atomic E-state index is 0.0200. The van der Waals surface area contributed by atoms with E-state index in [-0.39, 0.29) is 30.0 Å². The van der Waals surface area contributed by atoms with E-state index in [1.165, 1.54) is 4.90 Å². The maximum Gasteiger partial charge on any atom is 0.260 e. The molecule has 4 N–H and O–H groups in total. The molecule has 3 atom stereocenters. The first-order chi connectivity index (χ1) is 13.8. The van der Waals surface area contributed by atoms with Crippen molar-refractivity contribution >= 4 is 42.9 Å². The third-order valence-electron chi connectivity index (χ3n) is 4.75. The number of likely N-dealkylation sites (N-methyl/N-ethyl adjacent to an activating group) is 1. The molecule has 0 saturated carbocycles. The summed E-state index contributed by atoms with van der Waals surface area (Å²) in [6, 6.07) is 0. The number of imidazole rings is 1. The molecule has 160 valence electrons. The number of carbonyl (C=O) groups excluding carboxylic acids is 1. The molecule has 3 rings (SSSR count). The van der Waals surface area contributed by atoms with Crippen LogP contribution in [0.1, 0.15) is 32.9 Å². The van der Waals surface area contributed by atoms with Crippen molar-refractivity contribution in [3.63, 3.8) is 0 Å². The van der Waals surface area contributed by atoms with E-state index in [0.717, 1.165) is 0 Å². The van der Waals surface area contributed by atoms with Gasteiger partial charge in [-0.1, -0.05) is 0 Å². The number of amides is 1. The van der Waals surface area contributed by atoms with Crippen LogP contribution in [0.3, 0.4) is 0 Å². The molecule has 0 aliphatic carbocycles. The highest BCUT2D eigenvalue weighted by Gasteiger charge is 2.34. The molecule has 2 aromatic heterocycles. The quantitative estimate of drug-likeness (QED) is 0.402. The summed E-state index contributed by atoms with van der Waals surface area (Å²) >= 11 is 5.90. The minimum atomic E-state index is -2.58. The highest BCUT2D eigenvalue weighted by molar-refractivity contribution is 7.46. The second-order valence-corrected chi connectivity index (χ2v) is 7.96. The molecule has 29 heavy (non-hydrogen) atoms. The van der Waals surface area contributed by atoms with E-state index in [0.29, 0.717) is 37.1 Å². The Kier molecular flexibility index (Phi) is 7.20. The van der Waals surface area contributed by atoms with Gasteiger partial charge in [-0.25, -0.2) is 4.98 Å². The Morgan fingerprint density at radius 3 is 2.83 bits per heavy atom. The summed E-state index contributed by atoms with van der Waals surface area (Å²) in [5, 5.41) is 0.0200. The van der Waals surface area contributed by atoms with Crippen molar-refractivity contribution < 1.29 is 24.1 Å². The number of halogens is 1. The molecule has 11 nitrogen and oxygen atoms in total. The van der Waals surface area contributed by atoms with Crippen molar-refractivity contribution in [2.24, 2.45) is 0 Å². The lowest BCUT2D eigenvalue weighted by Crippen LogP contribution is -2.40. The van der Waals surface area contributed by atoms with Crippen LogP contribution in [-0.2, 0) is 14.3 Å². The fourth-order valence-electron chi connectivity index (χ4n) is 3.26. The number of nitrogens with zero attached hydrogens (tertiary/aromatic N) is 5. The number of aromatic nitrogens is 4. The van der Waals surface area contributed by atoms with Crippen LogP contribution in [0.4, 0.5) is 5.82 Å². The molecule has 0 bridgehead atoms. The molecule has 1 amide bonds. The lowest BCUT2D eigenvalue weighted by atomic mass is 10.2. The van der Waals surface area contributed by atoms with Crippen molar-refractivity contribution in [1.29, 1.82) is 0 Å². The van der Waals surface area contributed by atoms with Crippen LogP contribution in [0.15, 0.2) is 6.33 Å². The zero-order chi connectivity index (χ0) is 21.1. The van der Waals surface area contributed by atoms with Gasteiger partial charge in [0.15, 0.2) is 11.5 Å². The summed E-state index contributed by atoms with van der Waals surface area (Å²) < 4.78 is 13.3. The predicted octanol–water partition coefficient (Wildman–Crippen LogP) is 1.25. The second kappa shape index (κ2) is 9.46. The molecular formula is C16H24ClN6O5P. The van der Waals surface area contributed by atoms with Gasteiger partial charge in [-0.2, -0.15) is 9.97 Å². The van der Waals surface area contributed by atoms with E-state index in [4.69, 9.17) is 26.8 Å². The number of nitrogen functional groups attached to an aromatic ring is 1. The average Bonchev–Trinajstić information content (AvgIpc) is 3.29. The summed E-state index contributed by atoms with van der Waals surface area (Å²) in [6.07, 6.45) is 2.19. The number of hydrogen-bond acceptors (Lipinski definition) is 9. The van der Waals surface area contributed by atoms with Gasteiger partial charge < -0.3 is 29.9 Å². The topological polar surface area (TPSA) is 149 Å². The summed E-state index contributed by atoms with van der Waals surface area (Å²) in [7, 11) is -2.58. The SMILES string of the molecule is CCN(CC)C(=O)C(OCC1CCC(n2cnc3c(N)nc(Cl)nc32)O1)P(O)O. The molecule has 0 spiro atoms. The van der Waals surface area contributed by atoms with Crippen molar-refractivity contribution in [3.8, 4) is 0 Å². The van der Waals surface area contributed by atoms with Gasteiger partial charge in [0.2, 0.25) is 19.5 Å². The Bertz CT molecular complexity index is 864. The van der Waals surface area contributed by atoms with Crippen molar-refractivity contribution in [2.75, 3.05) is 25.4 Å². The lowest BCUT2D eigenvalue weighted by molar-refractivity contribution is -0.141. The van der Waals surface area contributed by atoms with E-state index in [1.54, 1.807) is 10.9 Å². The van der Waals surface area contributed by atoms with Gasteiger partial charge in [-0.15, -0.1) is 0 Å². The molecule has 1 aliphatic heterocycles. The third kappa shape index (κ3) is 4.76. The van der Waals surface area contributed by atoms with Gasteiger partial charge in [0.1, 0.15) is 11.7 Å². The Hall–Kier alpha value is -1.62. The summed E-state index contributed by atoms with van der Waals surface area (Å²) in [5.41, 5.74) is 6.74. The average molecular weight is 447 g/mol. The summed E-state index contributed by atoms with van der Waals surface area (Å²) in [4.78, 5) is 45.4. The Morgan fingerprint density at radius 1 is 1.45 bits per heavy atom. The Labute approximate surface area is 173 Å². The van der Waals surface area contributed by atoms with Crippen LogP contribution in [-0.4, -0.2) is 71.8 Å². The highest BCUT2D eigenvalue weighted by Crippen LogP contribution is 2.36. The minimum Gasteiger partial charge on any atom is -0.382 e. The highest BCUT2D eigenvalue weighted by atomic mass is 35.5. The first-order valence-electron chi connectivity index (χ1n) is 9.24. The number of anilines is 1. The number of ether oxygens (including phenoxy) is 2. The number of fused-ring (bicyclic) bond motifs is 1. The number of hydrogen-bond donors (Lipinski definition) is 3.